The zero-order valence-corrected chi connectivity index (χ0v) is 45.1. The fourth-order valence-corrected chi connectivity index (χ4v) is 15.0. The summed E-state index contributed by atoms with van der Waals surface area (Å²) in [6.07, 6.45) is 0. The second kappa shape index (κ2) is 15.5. The van der Waals surface area contributed by atoms with Crippen molar-refractivity contribution in [1.29, 1.82) is 0 Å². The molecule has 2 heterocycles. The molecule has 0 atom stereocenters. The highest BCUT2D eigenvalue weighted by Gasteiger charge is 2.46. The minimum atomic E-state index is -0.250. The SMILES string of the molecule is CC1(C)c2cc3c(cc2-c2cc4c(cc21)-c1c(cc(-c2ccc5oc6c(-c7ccccc7)cccc6c5c2)c2ccccc12)C4(C)C)C(C)(C)c1cc(-c2ccc4oc5c(-c6ccccc6)cccc5c4c2)c2ccccc2c1-3. The quantitative estimate of drug-likeness (QED) is 0.176. The van der Waals surface area contributed by atoms with Gasteiger partial charge in [-0.15, -0.1) is 0 Å². The van der Waals surface area contributed by atoms with Gasteiger partial charge in [-0.05, 0) is 182 Å². The van der Waals surface area contributed by atoms with E-state index in [4.69, 9.17) is 8.83 Å². The molecule has 0 saturated heterocycles. The lowest BCUT2D eigenvalue weighted by molar-refractivity contribution is 0.649. The van der Waals surface area contributed by atoms with Crippen molar-refractivity contribution in [2.24, 2.45) is 0 Å². The van der Waals surface area contributed by atoms with Crippen LogP contribution in [0.5, 0.6) is 0 Å². The normalized spacial score (nSPS) is 15.0. The van der Waals surface area contributed by atoms with E-state index in [0.717, 1.165) is 66.1 Å². The van der Waals surface area contributed by atoms with Gasteiger partial charge in [0.1, 0.15) is 22.3 Å². The molecule has 2 nitrogen and oxygen atoms in total. The van der Waals surface area contributed by atoms with Crippen molar-refractivity contribution in [1.82, 2.24) is 0 Å². The predicted octanol–water partition coefficient (Wildman–Crippen LogP) is 21.4. The molecule has 0 radical (unpaired) electrons. The zero-order chi connectivity index (χ0) is 52.8. The fourth-order valence-electron chi connectivity index (χ4n) is 15.0. The Morgan fingerprint density at radius 3 is 1.00 bits per heavy atom. The minimum Gasteiger partial charge on any atom is -0.455 e. The van der Waals surface area contributed by atoms with Crippen molar-refractivity contribution in [3.05, 3.63) is 252 Å². The second-order valence-electron chi connectivity index (χ2n) is 24.3. The third kappa shape index (κ3) is 5.96. The van der Waals surface area contributed by atoms with Crippen molar-refractivity contribution in [2.75, 3.05) is 0 Å². The van der Waals surface area contributed by atoms with E-state index in [2.05, 4.69) is 260 Å². The molecule has 14 aromatic rings. The smallest absolute Gasteiger partial charge is 0.143 e. The summed E-state index contributed by atoms with van der Waals surface area (Å²) in [5, 5.41) is 9.70. The Kier molecular flexibility index (Phi) is 8.79. The van der Waals surface area contributed by atoms with E-state index < -0.39 is 0 Å². The molecule has 17 rings (SSSR count). The summed E-state index contributed by atoms with van der Waals surface area (Å²) < 4.78 is 13.3. The van der Waals surface area contributed by atoms with E-state index in [9.17, 15) is 0 Å². The molecule has 0 aliphatic heterocycles. The first-order valence-corrected chi connectivity index (χ1v) is 28.0. The van der Waals surface area contributed by atoms with Gasteiger partial charge in [0.15, 0.2) is 0 Å². The van der Waals surface area contributed by atoms with Crippen LogP contribution >= 0.6 is 0 Å². The van der Waals surface area contributed by atoms with Gasteiger partial charge in [0.2, 0.25) is 0 Å². The van der Waals surface area contributed by atoms with Crippen LogP contribution in [0.1, 0.15) is 74.9 Å². The average molecular weight is 1010 g/mol. The van der Waals surface area contributed by atoms with Crippen LogP contribution in [0.25, 0.3) is 143 Å². The predicted molar refractivity (Wildman–Crippen MR) is 330 cm³/mol. The van der Waals surface area contributed by atoms with Gasteiger partial charge in [0.25, 0.3) is 0 Å². The van der Waals surface area contributed by atoms with Crippen molar-refractivity contribution < 1.29 is 8.83 Å². The molecule has 0 bridgehead atoms. The molecule has 374 valence electrons. The summed E-state index contributed by atoms with van der Waals surface area (Å²) in [5.74, 6) is 0. The zero-order valence-electron chi connectivity index (χ0n) is 45.1. The molecule has 79 heavy (non-hydrogen) atoms. The standard InChI is InChI=1S/C77H54O2/c1-75(2)63-41-61-65(76(3,4)67-37-55(49-23-13-15-25-51(49)71(61)67)45-31-33-69-59(35-45)53-29-17-27-47(73(53)78-69)43-19-9-7-10-20-43)39-57(63)58-40-66-62(42-64(58)75)72-52-26-16-14-24-50(52)56(38-68(72)77(66,5)6)46-32-34-70-60(36-46)54-30-18-28-48(74(54)79-70)44-21-11-8-12-22-44/h7-42H,1-6H3. The maximum atomic E-state index is 6.67. The highest BCUT2D eigenvalue weighted by molar-refractivity contribution is 6.16. The van der Waals surface area contributed by atoms with E-state index in [1.54, 1.807) is 0 Å². The molecule has 2 heteroatoms. The van der Waals surface area contributed by atoms with Crippen molar-refractivity contribution in [3.63, 3.8) is 0 Å². The Bertz CT molecular complexity index is 4700. The number of furan rings is 2. The molecule has 0 amide bonds. The Labute approximate surface area is 459 Å². The number of hydrogen-bond acceptors (Lipinski definition) is 2. The minimum absolute atomic E-state index is 0.230. The molecule has 12 aromatic carbocycles. The van der Waals surface area contributed by atoms with Gasteiger partial charge < -0.3 is 8.83 Å². The first kappa shape index (κ1) is 44.8. The average Bonchev–Trinajstić information content (AvgIpc) is 2.75. The monoisotopic (exact) mass is 1010 g/mol. The number of benzene rings is 12. The molecule has 0 N–H and O–H groups in total. The van der Waals surface area contributed by atoms with E-state index in [1.165, 1.54) is 111 Å². The van der Waals surface area contributed by atoms with E-state index in [-0.39, 0.29) is 16.2 Å². The van der Waals surface area contributed by atoms with Gasteiger partial charge in [-0.25, -0.2) is 0 Å². The fraction of sp³-hybridized carbons (Fsp3) is 0.117. The Hall–Kier alpha value is -9.24. The van der Waals surface area contributed by atoms with Gasteiger partial charge in [-0.2, -0.15) is 0 Å². The molecule has 0 saturated carbocycles. The highest BCUT2D eigenvalue weighted by Crippen LogP contribution is 2.62. The van der Waals surface area contributed by atoms with E-state index in [1.807, 2.05) is 0 Å². The summed E-state index contributed by atoms with van der Waals surface area (Å²) in [6.45, 7) is 14.7. The van der Waals surface area contributed by atoms with E-state index >= 15 is 0 Å². The van der Waals surface area contributed by atoms with Crippen LogP contribution in [0.15, 0.2) is 227 Å². The molecular formula is C77H54O2. The first-order chi connectivity index (χ1) is 38.4. The molecule has 3 aliphatic carbocycles. The molecular weight excluding hydrogens is 957 g/mol. The maximum absolute atomic E-state index is 6.67. The summed E-state index contributed by atoms with van der Waals surface area (Å²) in [5.41, 5.74) is 29.0. The van der Waals surface area contributed by atoms with Gasteiger partial charge in [0, 0.05) is 48.9 Å². The summed E-state index contributed by atoms with van der Waals surface area (Å²) >= 11 is 0. The second-order valence-corrected chi connectivity index (χ2v) is 24.3. The lowest BCUT2D eigenvalue weighted by atomic mass is 9.78. The third-order valence-electron chi connectivity index (χ3n) is 19.1. The van der Waals surface area contributed by atoms with Crippen molar-refractivity contribution >= 4 is 65.4 Å². The van der Waals surface area contributed by atoms with Crippen LogP contribution in [0.2, 0.25) is 0 Å². The molecule has 2 aromatic heterocycles. The molecule has 0 spiro atoms. The number of hydrogen-bond donors (Lipinski definition) is 0. The molecule has 0 unspecified atom stereocenters. The lowest BCUT2D eigenvalue weighted by Crippen LogP contribution is -2.17. The van der Waals surface area contributed by atoms with E-state index in [0.29, 0.717) is 0 Å². The van der Waals surface area contributed by atoms with Crippen LogP contribution in [-0.4, -0.2) is 0 Å². The summed E-state index contributed by atoms with van der Waals surface area (Å²) in [7, 11) is 0. The summed E-state index contributed by atoms with van der Waals surface area (Å²) in [4.78, 5) is 0. The maximum Gasteiger partial charge on any atom is 0.143 e. The van der Waals surface area contributed by atoms with Crippen molar-refractivity contribution in [3.8, 4) is 77.9 Å². The Morgan fingerprint density at radius 1 is 0.228 bits per heavy atom. The Balaban J connectivity index is 0.789. The Morgan fingerprint density at radius 2 is 0.570 bits per heavy atom. The highest BCUT2D eigenvalue weighted by atomic mass is 16.3. The number of rotatable bonds is 4. The van der Waals surface area contributed by atoms with Crippen LogP contribution in [-0.2, 0) is 16.2 Å². The van der Waals surface area contributed by atoms with Crippen LogP contribution in [0.3, 0.4) is 0 Å². The number of fused-ring (bicyclic) bond motifs is 19. The first-order valence-electron chi connectivity index (χ1n) is 28.0. The number of para-hydroxylation sites is 2. The van der Waals surface area contributed by atoms with Crippen LogP contribution in [0, 0.1) is 0 Å². The molecule has 3 aliphatic rings. The van der Waals surface area contributed by atoms with Gasteiger partial charge in [0.05, 0.1) is 0 Å². The largest absolute Gasteiger partial charge is 0.455 e. The summed E-state index contributed by atoms with van der Waals surface area (Å²) in [6, 6.07) is 81.4. The lowest BCUT2D eigenvalue weighted by Gasteiger charge is -2.25. The van der Waals surface area contributed by atoms with Crippen LogP contribution in [0.4, 0.5) is 0 Å². The third-order valence-corrected chi connectivity index (χ3v) is 19.1. The van der Waals surface area contributed by atoms with Crippen molar-refractivity contribution in [2.45, 2.75) is 57.8 Å². The van der Waals surface area contributed by atoms with Gasteiger partial charge in [-0.1, -0.05) is 199 Å². The molecule has 0 fully saturated rings. The van der Waals surface area contributed by atoms with Gasteiger partial charge >= 0.3 is 0 Å². The van der Waals surface area contributed by atoms with Gasteiger partial charge in [-0.3, -0.25) is 0 Å². The topological polar surface area (TPSA) is 26.3 Å². The van der Waals surface area contributed by atoms with Crippen LogP contribution < -0.4 is 0 Å².